The Morgan fingerprint density at radius 3 is 1.51 bits per heavy atom. The number of ether oxygens (including phenoxy) is 2. The first-order valence-electron chi connectivity index (χ1n) is 9.08. The van der Waals surface area contributed by atoms with Crippen molar-refractivity contribution in [3.63, 3.8) is 0 Å². The SMILES string of the molecule is C=Cc1nc(C(=O)OC)c(Cl)c(NC(C)=O)c1Cl.COC(=O)c1nc(Cl)c(Cl)c(NC(C)=O)c1Cl. The van der Waals surface area contributed by atoms with E-state index < -0.39 is 17.8 Å². The first-order chi connectivity index (χ1) is 16.3. The minimum absolute atomic E-state index is 0.0289. The summed E-state index contributed by atoms with van der Waals surface area (Å²) < 4.78 is 9.01. The van der Waals surface area contributed by atoms with Crippen LogP contribution in [0.2, 0.25) is 25.2 Å². The van der Waals surface area contributed by atoms with Gasteiger partial charge in [-0.1, -0.05) is 64.6 Å². The molecule has 0 radical (unpaired) electrons. The first kappa shape index (κ1) is 30.4. The molecule has 2 aromatic heterocycles. The summed E-state index contributed by atoms with van der Waals surface area (Å²) in [4.78, 5) is 52.5. The largest absolute Gasteiger partial charge is 0.464 e. The van der Waals surface area contributed by atoms with E-state index in [1.165, 1.54) is 34.1 Å². The summed E-state index contributed by atoms with van der Waals surface area (Å²) in [7, 11) is 2.36. The van der Waals surface area contributed by atoms with Crippen molar-refractivity contribution in [2.75, 3.05) is 24.9 Å². The lowest BCUT2D eigenvalue weighted by Crippen LogP contribution is -2.12. The van der Waals surface area contributed by atoms with E-state index in [0.717, 1.165) is 0 Å². The summed E-state index contributed by atoms with van der Waals surface area (Å²) >= 11 is 29.4. The molecule has 2 N–H and O–H groups in total. The Morgan fingerprint density at radius 2 is 1.14 bits per heavy atom. The van der Waals surface area contributed by atoms with Crippen LogP contribution in [0.3, 0.4) is 0 Å². The second kappa shape index (κ2) is 13.5. The maximum absolute atomic E-state index is 11.5. The third kappa shape index (κ3) is 7.68. The Hall–Kier alpha value is -2.63. The van der Waals surface area contributed by atoms with E-state index in [0.29, 0.717) is 0 Å². The number of hydrogen-bond acceptors (Lipinski definition) is 8. The van der Waals surface area contributed by atoms with E-state index in [4.69, 9.17) is 58.0 Å². The molecule has 0 aliphatic carbocycles. The molecule has 2 amide bonds. The molecule has 0 bridgehead atoms. The maximum Gasteiger partial charge on any atom is 0.358 e. The molecule has 15 heteroatoms. The number of hydrogen-bond donors (Lipinski definition) is 2. The van der Waals surface area contributed by atoms with Crippen molar-refractivity contribution in [1.29, 1.82) is 0 Å². The van der Waals surface area contributed by atoms with Gasteiger partial charge in [0.25, 0.3) is 0 Å². The van der Waals surface area contributed by atoms with Gasteiger partial charge in [0.05, 0.1) is 46.4 Å². The summed E-state index contributed by atoms with van der Waals surface area (Å²) in [5.74, 6) is -2.30. The molecule has 2 rings (SSSR count). The molecule has 0 atom stereocenters. The maximum atomic E-state index is 11.5. The minimum Gasteiger partial charge on any atom is -0.464 e. The molecule has 0 unspecified atom stereocenters. The number of aromatic nitrogens is 2. The van der Waals surface area contributed by atoms with Crippen molar-refractivity contribution >= 4 is 99.2 Å². The Bertz CT molecular complexity index is 1210. The molecule has 2 aromatic rings. The van der Waals surface area contributed by atoms with Gasteiger partial charge in [0.15, 0.2) is 16.5 Å². The van der Waals surface area contributed by atoms with E-state index in [2.05, 4.69) is 36.7 Å². The number of nitrogens with zero attached hydrogens (tertiary/aromatic N) is 2. The molecule has 0 saturated heterocycles. The third-order valence-electron chi connectivity index (χ3n) is 3.69. The highest BCUT2D eigenvalue weighted by Crippen LogP contribution is 2.37. The highest BCUT2D eigenvalue weighted by Gasteiger charge is 2.23. The van der Waals surface area contributed by atoms with Crippen LogP contribution in [0.25, 0.3) is 6.08 Å². The zero-order chi connectivity index (χ0) is 27.0. The van der Waals surface area contributed by atoms with Crippen molar-refractivity contribution in [2.24, 2.45) is 0 Å². The topological polar surface area (TPSA) is 137 Å². The van der Waals surface area contributed by atoms with Gasteiger partial charge in [0.1, 0.15) is 5.02 Å². The van der Waals surface area contributed by atoms with Crippen LogP contribution in [0.4, 0.5) is 11.4 Å². The summed E-state index contributed by atoms with van der Waals surface area (Å²) in [5.41, 5.74) is 0.0112. The quantitative estimate of drug-likeness (QED) is 0.343. The number of esters is 2. The van der Waals surface area contributed by atoms with Gasteiger partial charge in [0, 0.05) is 13.8 Å². The molecule has 188 valence electrons. The van der Waals surface area contributed by atoms with Gasteiger partial charge >= 0.3 is 11.9 Å². The van der Waals surface area contributed by atoms with Crippen molar-refractivity contribution < 1.29 is 28.7 Å². The van der Waals surface area contributed by atoms with E-state index >= 15 is 0 Å². The lowest BCUT2D eigenvalue weighted by atomic mass is 10.2. The van der Waals surface area contributed by atoms with Crippen LogP contribution in [-0.2, 0) is 19.1 Å². The number of anilines is 2. The predicted octanol–water partition coefficient (Wildman–Crippen LogP) is 5.56. The fraction of sp³-hybridized carbons (Fsp3) is 0.200. The first-order valence-corrected chi connectivity index (χ1v) is 11.0. The predicted molar refractivity (Wildman–Crippen MR) is 135 cm³/mol. The van der Waals surface area contributed by atoms with Gasteiger partial charge in [-0.05, 0) is 6.08 Å². The summed E-state index contributed by atoms with van der Waals surface area (Å²) in [6.07, 6.45) is 1.34. The van der Waals surface area contributed by atoms with Crippen molar-refractivity contribution in [3.8, 4) is 0 Å². The molecule has 0 aliphatic rings. The Labute approximate surface area is 224 Å². The number of amides is 2. The fourth-order valence-electron chi connectivity index (χ4n) is 2.25. The molecular formula is C20H17Cl5N4O6. The average molecular weight is 587 g/mol. The van der Waals surface area contributed by atoms with Gasteiger partial charge in [-0.15, -0.1) is 0 Å². The van der Waals surface area contributed by atoms with Crippen LogP contribution < -0.4 is 10.6 Å². The normalized spacial score (nSPS) is 9.86. The average Bonchev–Trinajstić information content (AvgIpc) is 2.81. The molecule has 10 nitrogen and oxygen atoms in total. The van der Waals surface area contributed by atoms with Crippen LogP contribution in [0, 0.1) is 0 Å². The van der Waals surface area contributed by atoms with E-state index in [9.17, 15) is 19.2 Å². The van der Waals surface area contributed by atoms with Crippen LogP contribution in [0.15, 0.2) is 6.58 Å². The molecule has 0 aliphatic heterocycles. The van der Waals surface area contributed by atoms with Gasteiger partial charge in [-0.25, -0.2) is 19.6 Å². The van der Waals surface area contributed by atoms with Crippen LogP contribution in [-0.4, -0.2) is 47.9 Å². The minimum atomic E-state index is -0.778. The summed E-state index contributed by atoms with van der Waals surface area (Å²) in [6.45, 7) is 6.07. The molecule has 0 aromatic carbocycles. The number of nitrogens with one attached hydrogen (secondary N) is 2. The van der Waals surface area contributed by atoms with Gasteiger partial charge in [-0.3, -0.25) is 9.59 Å². The Balaban J connectivity index is 0.000000351. The molecular weight excluding hydrogens is 570 g/mol. The molecule has 0 saturated carbocycles. The number of methoxy groups -OCH3 is 2. The van der Waals surface area contributed by atoms with E-state index in [1.54, 1.807) is 0 Å². The zero-order valence-corrected chi connectivity index (χ0v) is 22.3. The smallest absolute Gasteiger partial charge is 0.358 e. The van der Waals surface area contributed by atoms with Gasteiger partial charge < -0.3 is 20.1 Å². The highest BCUT2D eigenvalue weighted by atomic mass is 35.5. The number of rotatable bonds is 5. The monoisotopic (exact) mass is 584 g/mol. The molecule has 0 fully saturated rings. The standard InChI is InChI=1S/C11H10Cl2N2O3.C9H7Cl3N2O3/c1-4-6-7(12)9(14-5(2)16)8(13)10(15-6)11(17)18-3;1-3(15)13-6-4(10)7(9(16)17-2)14-8(12)5(6)11/h4H,1H2,2-3H3,(H,14,15,16);1-2H3,(H,13,14,15). The number of halogens is 5. The van der Waals surface area contributed by atoms with E-state index in [-0.39, 0.29) is 59.6 Å². The van der Waals surface area contributed by atoms with Gasteiger partial charge in [-0.2, -0.15) is 0 Å². The van der Waals surface area contributed by atoms with Crippen LogP contribution >= 0.6 is 58.0 Å². The number of carbonyl (C=O) groups excluding carboxylic acids is 4. The van der Waals surface area contributed by atoms with Crippen molar-refractivity contribution in [2.45, 2.75) is 13.8 Å². The van der Waals surface area contributed by atoms with Gasteiger partial charge in [0.2, 0.25) is 11.8 Å². The van der Waals surface area contributed by atoms with Crippen LogP contribution in [0.1, 0.15) is 40.5 Å². The lowest BCUT2D eigenvalue weighted by Gasteiger charge is -2.12. The lowest BCUT2D eigenvalue weighted by molar-refractivity contribution is -0.115. The highest BCUT2D eigenvalue weighted by molar-refractivity contribution is 6.46. The zero-order valence-electron chi connectivity index (χ0n) is 18.5. The number of pyridine rings is 2. The van der Waals surface area contributed by atoms with Crippen molar-refractivity contribution in [3.05, 3.63) is 48.9 Å². The molecule has 0 spiro atoms. The van der Waals surface area contributed by atoms with Crippen molar-refractivity contribution in [1.82, 2.24) is 9.97 Å². The van der Waals surface area contributed by atoms with Crippen LogP contribution in [0.5, 0.6) is 0 Å². The summed E-state index contributed by atoms with van der Waals surface area (Å²) in [5, 5.41) is 4.52. The van der Waals surface area contributed by atoms with E-state index in [1.807, 2.05) is 0 Å². The molecule has 35 heavy (non-hydrogen) atoms. The fourth-order valence-corrected chi connectivity index (χ4v) is 3.49. The second-order valence-corrected chi connectivity index (χ2v) is 8.02. The Morgan fingerprint density at radius 1 is 0.743 bits per heavy atom. The summed E-state index contributed by atoms with van der Waals surface area (Å²) in [6, 6.07) is 0. The second-order valence-electron chi connectivity index (χ2n) is 6.15. The Kier molecular flexibility index (Phi) is 11.7. The molecule has 2 heterocycles. The number of carbonyl (C=O) groups is 4. The third-order valence-corrected chi connectivity index (χ3v) is 5.55.